The number of unbranched alkanes of at least 4 members (excludes halogenated alkanes) is 1. The molecule has 0 amide bonds. The van der Waals surface area contributed by atoms with Crippen LogP contribution < -0.4 is 5.32 Å². The van der Waals surface area contributed by atoms with Crippen molar-refractivity contribution in [2.24, 2.45) is 5.41 Å². The Kier molecular flexibility index (Phi) is 7.39. The van der Waals surface area contributed by atoms with Gasteiger partial charge in [-0.1, -0.05) is 62.4 Å². The quantitative estimate of drug-likeness (QED) is 0.502. The molecule has 0 radical (unpaired) electrons. The van der Waals surface area contributed by atoms with E-state index in [0.29, 0.717) is 0 Å². The van der Waals surface area contributed by atoms with E-state index in [9.17, 15) is 4.79 Å². The zero-order valence-electron chi connectivity index (χ0n) is 15.8. The molecule has 0 spiro atoms. The number of rotatable bonds is 10. The van der Waals surface area contributed by atoms with Crippen molar-refractivity contribution in [2.75, 3.05) is 13.1 Å². The monoisotopic (exact) mass is 337 g/mol. The highest BCUT2D eigenvalue weighted by Gasteiger charge is 2.14. The lowest BCUT2D eigenvalue weighted by molar-refractivity contribution is -0.114. The number of aldehydes is 1. The van der Waals surface area contributed by atoms with Crippen LogP contribution in [-0.4, -0.2) is 19.4 Å². The summed E-state index contributed by atoms with van der Waals surface area (Å²) in [7, 11) is 0. The molecule has 0 aliphatic heterocycles. The van der Waals surface area contributed by atoms with Gasteiger partial charge < -0.3 is 10.1 Å². The minimum absolute atomic E-state index is 0.257. The molecule has 0 saturated heterocycles. The van der Waals surface area contributed by atoms with Crippen LogP contribution in [0.3, 0.4) is 0 Å². The zero-order chi connectivity index (χ0) is 18.1. The van der Waals surface area contributed by atoms with E-state index in [2.05, 4.69) is 60.8 Å². The Morgan fingerprint density at radius 1 is 0.960 bits per heavy atom. The SMILES string of the molecule is Cc1ccccc1Cc1ccc(CCCCNCC(C)(C)C=O)cc1. The third kappa shape index (κ3) is 6.83. The highest BCUT2D eigenvalue weighted by Crippen LogP contribution is 2.15. The highest BCUT2D eigenvalue weighted by atomic mass is 16.1. The van der Waals surface area contributed by atoms with Crippen LogP contribution in [0.15, 0.2) is 48.5 Å². The van der Waals surface area contributed by atoms with Gasteiger partial charge in [0, 0.05) is 12.0 Å². The Morgan fingerprint density at radius 2 is 1.64 bits per heavy atom. The summed E-state index contributed by atoms with van der Waals surface area (Å²) >= 11 is 0. The van der Waals surface area contributed by atoms with E-state index in [-0.39, 0.29) is 5.41 Å². The van der Waals surface area contributed by atoms with E-state index >= 15 is 0 Å². The van der Waals surface area contributed by atoms with Gasteiger partial charge in [-0.3, -0.25) is 0 Å². The normalized spacial score (nSPS) is 11.5. The van der Waals surface area contributed by atoms with Gasteiger partial charge in [0.1, 0.15) is 6.29 Å². The van der Waals surface area contributed by atoms with Gasteiger partial charge in [-0.15, -0.1) is 0 Å². The van der Waals surface area contributed by atoms with Crippen LogP contribution in [0, 0.1) is 12.3 Å². The maximum Gasteiger partial charge on any atom is 0.126 e. The third-order valence-corrected chi connectivity index (χ3v) is 4.65. The van der Waals surface area contributed by atoms with Crippen molar-refractivity contribution in [1.82, 2.24) is 5.32 Å². The molecular weight excluding hydrogens is 306 g/mol. The lowest BCUT2D eigenvalue weighted by atomic mass is 9.96. The van der Waals surface area contributed by atoms with Crippen molar-refractivity contribution >= 4 is 6.29 Å². The maximum atomic E-state index is 10.9. The van der Waals surface area contributed by atoms with Gasteiger partial charge in [-0.25, -0.2) is 0 Å². The first-order valence-corrected chi connectivity index (χ1v) is 9.29. The fraction of sp³-hybridized carbons (Fsp3) is 0.435. The first kappa shape index (κ1) is 19.4. The number of hydrogen-bond acceptors (Lipinski definition) is 2. The molecule has 134 valence electrons. The van der Waals surface area contributed by atoms with Crippen LogP contribution >= 0.6 is 0 Å². The molecule has 0 heterocycles. The summed E-state index contributed by atoms with van der Waals surface area (Å²) < 4.78 is 0. The second-order valence-corrected chi connectivity index (χ2v) is 7.66. The van der Waals surface area contributed by atoms with Crippen molar-refractivity contribution in [3.8, 4) is 0 Å². The Labute approximate surface area is 152 Å². The molecule has 0 aliphatic rings. The molecule has 0 fully saturated rings. The topological polar surface area (TPSA) is 29.1 Å². The molecular formula is C23H31NO. The summed E-state index contributed by atoms with van der Waals surface area (Å²) in [5, 5.41) is 3.37. The summed E-state index contributed by atoms with van der Waals surface area (Å²) in [6.07, 6.45) is 5.46. The minimum atomic E-state index is -0.257. The average Bonchev–Trinajstić information content (AvgIpc) is 2.61. The maximum absolute atomic E-state index is 10.9. The second kappa shape index (κ2) is 9.53. The van der Waals surface area contributed by atoms with Gasteiger partial charge in [0.2, 0.25) is 0 Å². The Hall–Kier alpha value is -1.93. The number of aryl methyl sites for hydroxylation is 2. The van der Waals surface area contributed by atoms with Crippen molar-refractivity contribution in [2.45, 2.75) is 46.5 Å². The average molecular weight is 338 g/mol. The molecule has 2 nitrogen and oxygen atoms in total. The molecule has 0 atom stereocenters. The van der Waals surface area contributed by atoms with Gasteiger partial charge in [0.25, 0.3) is 0 Å². The van der Waals surface area contributed by atoms with Crippen LogP contribution in [0.1, 0.15) is 48.9 Å². The van der Waals surface area contributed by atoms with E-state index in [1.807, 2.05) is 13.8 Å². The molecule has 25 heavy (non-hydrogen) atoms. The fourth-order valence-electron chi connectivity index (χ4n) is 2.88. The van der Waals surface area contributed by atoms with E-state index < -0.39 is 0 Å². The summed E-state index contributed by atoms with van der Waals surface area (Å²) in [5.41, 5.74) is 5.28. The summed E-state index contributed by atoms with van der Waals surface area (Å²) in [6.45, 7) is 7.83. The van der Waals surface area contributed by atoms with E-state index in [1.165, 1.54) is 28.7 Å². The molecule has 1 N–H and O–H groups in total. The smallest absolute Gasteiger partial charge is 0.126 e. The number of benzene rings is 2. The number of hydrogen-bond donors (Lipinski definition) is 1. The molecule has 2 aromatic rings. The Balaban J connectivity index is 1.70. The van der Waals surface area contributed by atoms with Crippen LogP contribution in [-0.2, 0) is 17.6 Å². The Morgan fingerprint density at radius 3 is 2.32 bits per heavy atom. The first-order valence-electron chi connectivity index (χ1n) is 9.29. The molecule has 0 unspecified atom stereocenters. The van der Waals surface area contributed by atoms with E-state index in [1.54, 1.807) is 0 Å². The molecule has 2 aromatic carbocycles. The minimum Gasteiger partial charge on any atom is -0.316 e. The predicted molar refractivity (Wildman–Crippen MR) is 106 cm³/mol. The first-order chi connectivity index (χ1) is 12.0. The second-order valence-electron chi connectivity index (χ2n) is 7.66. The van der Waals surface area contributed by atoms with Crippen molar-refractivity contribution in [3.05, 3.63) is 70.8 Å². The number of carbonyl (C=O) groups excluding carboxylic acids is 1. The number of nitrogens with one attached hydrogen (secondary N) is 1. The van der Waals surface area contributed by atoms with Gasteiger partial charge in [0.15, 0.2) is 0 Å². The predicted octanol–water partition coefficient (Wildman–Crippen LogP) is 4.72. The lowest BCUT2D eigenvalue weighted by Gasteiger charge is -2.17. The third-order valence-electron chi connectivity index (χ3n) is 4.65. The summed E-state index contributed by atoms with van der Waals surface area (Å²) in [6, 6.07) is 17.6. The highest BCUT2D eigenvalue weighted by molar-refractivity contribution is 5.58. The standard InChI is InChI=1S/C23H31NO/c1-19-8-4-5-10-22(19)16-21-13-11-20(12-14-21)9-6-7-15-24-17-23(2,3)18-25/h4-5,8,10-14,18,24H,6-7,9,15-17H2,1-3H3. The van der Waals surface area contributed by atoms with Crippen molar-refractivity contribution in [3.63, 3.8) is 0 Å². The van der Waals surface area contributed by atoms with Gasteiger partial charge >= 0.3 is 0 Å². The fourth-order valence-corrected chi connectivity index (χ4v) is 2.88. The van der Waals surface area contributed by atoms with E-state index in [4.69, 9.17) is 0 Å². The van der Waals surface area contributed by atoms with E-state index in [0.717, 1.165) is 38.6 Å². The zero-order valence-corrected chi connectivity index (χ0v) is 15.8. The molecule has 2 rings (SSSR count). The molecule has 0 bridgehead atoms. The van der Waals surface area contributed by atoms with Gasteiger partial charge in [0.05, 0.1) is 0 Å². The largest absolute Gasteiger partial charge is 0.316 e. The summed E-state index contributed by atoms with van der Waals surface area (Å²) in [5.74, 6) is 0. The van der Waals surface area contributed by atoms with Crippen LogP contribution in [0.25, 0.3) is 0 Å². The molecule has 2 heteroatoms. The van der Waals surface area contributed by atoms with Crippen LogP contribution in [0.4, 0.5) is 0 Å². The lowest BCUT2D eigenvalue weighted by Crippen LogP contribution is -2.31. The molecule has 0 saturated carbocycles. The van der Waals surface area contributed by atoms with Crippen LogP contribution in [0.2, 0.25) is 0 Å². The number of carbonyl (C=O) groups is 1. The van der Waals surface area contributed by atoms with Gasteiger partial charge in [-0.05, 0) is 61.4 Å². The Bertz CT molecular complexity index is 658. The van der Waals surface area contributed by atoms with Crippen molar-refractivity contribution in [1.29, 1.82) is 0 Å². The van der Waals surface area contributed by atoms with Gasteiger partial charge in [-0.2, -0.15) is 0 Å². The summed E-state index contributed by atoms with van der Waals surface area (Å²) in [4.78, 5) is 10.9. The van der Waals surface area contributed by atoms with Crippen LogP contribution in [0.5, 0.6) is 0 Å². The van der Waals surface area contributed by atoms with Crippen molar-refractivity contribution < 1.29 is 4.79 Å². The molecule has 0 aliphatic carbocycles. The molecule has 0 aromatic heterocycles.